The minimum atomic E-state index is -3.01. The van der Waals surface area contributed by atoms with Crippen LogP contribution in [0.5, 0.6) is 0 Å². The van der Waals surface area contributed by atoms with E-state index in [0.29, 0.717) is 0 Å². The number of nitrogens with one attached hydrogen (secondary N) is 2. The van der Waals surface area contributed by atoms with E-state index in [2.05, 4.69) is 112 Å². The average Bonchev–Trinajstić information content (AvgIpc) is 2.11. The van der Waals surface area contributed by atoms with Crippen LogP contribution in [-0.2, 0) is 0 Å². The summed E-state index contributed by atoms with van der Waals surface area (Å²) in [6, 6.07) is 10.9. The van der Waals surface area contributed by atoms with Gasteiger partial charge in [-0.05, 0) is 0 Å². The van der Waals surface area contributed by atoms with Crippen LogP contribution >= 0.6 is 0 Å². The Morgan fingerprint density at radius 1 is 0.789 bits per heavy atom. The Morgan fingerprint density at radius 3 is 1.47 bits per heavy atom. The molecule has 0 aliphatic heterocycles. The number of hydrogen-bond acceptors (Lipinski definition) is 2. The molecule has 0 fully saturated rings. The molecule has 0 heterocycles. The van der Waals surface area contributed by atoms with Crippen LogP contribution in [0.3, 0.4) is 0 Å². The van der Waals surface area contributed by atoms with Gasteiger partial charge in [-0.2, -0.15) is 0 Å². The fourth-order valence-corrected chi connectivity index (χ4v) is 14.4. The Hall–Kier alpha value is 0.893. The van der Waals surface area contributed by atoms with Gasteiger partial charge < -0.3 is 0 Å². The predicted octanol–water partition coefficient (Wildman–Crippen LogP) is 1.40. The van der Waals surface area contributed by atoms with Gasteiger partial charge in [0.05, 0.1) is 0 Å². The molecule has 19 heavy (non-hydrogen) atoms. The zero-order chi connectivity index (χ0) is 15.0. The van der Waals surface area contributed by atoms with Crippen LogP contribution in [0, 0.1) is 0 Å². The third-order valence-corrected chi connectivity index (χ3v) is 12.4. The van der Waals surface area contributed by atoms with E-state index >= 15 is 0 Å². The second-order valence-corrected chi connectivity index (χ2v) is 19.1. The van der Waals surface area contributed by atoms with Gasteiger partial charge in [0.1, 0.15) is 0 Å². The van der Waals surface area contributed by atoms with Gasteiger partial charge in [-0.25, -0.2) is 0 Å². The quantitative estimate of drug-likeness (QED) is 0.825. The number of hydrogen-bond donors (Lipinski definition) is 2. The van der Waals surface area contributed by atoms with Gasteiger partial charge in [-0.15, -0.1) is 0 Å². The van der Waals surface area contributed by atoms with Crippen LogP contribution in [0.4, 0.5) is 0 Å². The summed E-state index contributed by atoms with van der Waals surface area (Å²) in [6.07, 6.45) is 0. The van der Waals surface area contributed by atoms with Gasteiger partial charge >= 0.3 is 135 Å². The standard InChI is InChI=1S/C14H25AsN2.2Li/c1-13(2,3)16-15(17-14(4,5)6)12-10-8-7-9-11-12;;/h7-11,16-17H,1-6H3;;. The third-order valence-electron chi connectivity index (χ3n) is 2.87. The van der Waals surface area contributed by atoms with Crippen LogP contribution in [-0.4, -0.2) is 50.6 Å². The molecule has 0 aliphatic rings. The molecule has 1 aromatic rings. The van der Waals surface area contributed by atoms with Crippen molar-refractivity contribution < 1.29 is 0 Å². The van der Waals surface area contributed by atoms with Crippen molar-refractivity contribution >= 4 is 43.9 Å². The molecule has 2 N–H and O–H groups in total. The molecule has 0 bridgehead atoms. The van der Waals surface area contributed by atoms with E-state index in [0.717, 1.165) is 0 Å². The van der Waals surface area contributed by atoms with Crippen LogP contribution < -0.4 is 12.8 Å². The fourth-order valence-electron chi connectivity index (χ4n) is 3.04. The van der Waals surface area contributed by atoms with E-state index in [1.165, 1.54) is 4.35 Å². The number of rotatable bonds is 3. The Bertz CT molecular complexity index is 413. The fraction of sp³-hybridized carbons (Fsp3) is 0.571. The van der Waals surface area contributed by atoms with E-state index in [1.807, 2.05) is 0 Å². The van der Waals surface area contributed by atoms with E-state index < -0.39 is 8.39 Å². The zero-order valence-corrected chi connectivity index (χ0v) is 15.7. The Labute approximate surface area is 134 Å². The van der Waals surface area contributed by atoms with Crippen molar-refractivity contribution in [2.24, 2.45) is 0 Å². The first-order valence-electron chi connectivity index (χ1n) is 6.98. The molecule has 2 nitrogen and oxygen atoms in total. The normalized spacial score (nSPS) is 16.0. The van der Waals surface area contributed by atoms with Crippen molar-refractivity contribution in [3.05, 3.63) is 30.3 Å². The molecule has 0 saturated carbocycles. The molecule has 0 aromatic heterocycles. The Morgan fingerprint density at radius 2 is 1.16 bits per heavy atom. The molecule has 5 heteroatoms. The molecule has 0 atom stereocenters. The first-order valence-corrected chi connectivity index (χ1v) is 13.5. The third kappa shape index (κ3) is 5.65. The van der Waals surface area contributed by atoms with Crippen LogP contribution in [0.25, 0.3) is 0 Å². The monoisotopic (exact) mass is 310 g/mol. The molecule has 0 aliphatic carbocycles. The van der Waals surface area contributed by atoms with E-state index in [1.54, 1.807) is 0 Å². The zero-order valence-electron chi connectivity index (χ0n) is 13.8. The summed E-state index contributed by atoms with van der Waals surface area (Å²) in [4.78, 5) is 0. The van der Waals surface area contributed by atoms with Crippen LogP contribution in [0.1, 0.15) is 41.5 Å². The number of benzene rings is 1. The van der Waals surface area contributed by atoms with Gasteiger partial charge in [0.2, 0.25) is 0 Å². The maximum absolute atomic E-state index is 3.95. The minimum absolute atomic E-state index is 0.0865. The predicted molar refractivity (Wildman–Crippen MR) is 89.1 cm³/mol. The molecule has 98 valence electrons. The van der Waals surface area contributed by atoms with Crippen LogP contribution in [0.2, 0.25) is 0 Å². The van der Waals surface area contributed by atoms with Crippen molar-refractivity contribution in [2.75, 3.05) is 0 Å². The van der Waals surface area contributed by atoms with Gasteiger partial charge in [0.25, 0.3) is 0 Å². The SMILES string of the molecule is [Li][As]([Li])(NC(C)(C)C)(NC(C)(C)C)c1ccccc1. The summed E-state index contributed by atoms with van der Waals surface area (Å²) in [5.74, 6) is 0. The topological polar surface area (TPSA) is 24.1 Å². The van der Waals surface area contributed by atoms with Crippen molar-refractivity contribution in [3.8, 4) is 0 Å². The summed E-state index contributed by atoms with van der Waals surface area (Å²) in [5.41, 5.74) is 0.173. The van der Waals surface area contributed by atoms with Crippen molar-refractivity contribution in [3.63, 3.8) is 0 Å². The average molecular weight is 310 g/mol. The summed E-state index contributed by atoms with van der Waals surface area (Å²) in [6.45, 7) is 13.5. The van der Waals surface area contributed by atoms with Crippen LogP contribution in [0.15, 0.2) is 30.3 Å². The van der Waals surface area contributed by atoms with E-state index in [-0.39, 0.29) is 11.1 Å². The molecule has 0 radical (unpaired) electrons. The summed E-state index contributed by atoms with van der Waals surface area (Å²) in [7, 11) is -3.01. The Kier molecular flexibility index (Phi) is 5.28. The summed E-state index contributed by atoms with van der Waals surface area (Å²) in [5, 5.41) is 0. The first kappa shape index (κ1) is 17.9. The molecular weight excluding hydrogens is 285 g/mol. The molecule has 0 unspecified atom stereocenters. The second kappa shape index (κ2) is 5.59. The molecular formula is C14H25AsLi2N2. The van der Waals surface area contributed by atoms with Crippen molar-refractivity contribution in [1.29, 1.82) is 0 Å². The molecule has 1 rings (SSSR count). The molecule has 0 saturated heterocycles. The van der Waals surface area contributed by atoms with Gasteiger partial charge in [-0.3, -0.25) is 0 Å². The first-order chi connectivity index (χ1) is 8.31. The summed E-state index contributed by atoms with van der Waals surface area (Å²) < 4.78 is 9.32. The summed E-state index contributed by atoms with van der Waals surface area (Å²) >= 11 is 4.81. The molecule has 0 amide bonds. The van der Waals surface area contributed by atoms with Gasteiger partial charge in [0.15, 0.2) is 0 Å². The molecule has 0 spiro atoms. The van der Waals surface area contributed by atoms with E-state index in [4.69, 9.17) is 0 Å². The van der Waals surface area contributed by atoms with Crippen molar-refractivity contribution in [1.82, 2.24) is 8.47 Å². The second-order valence-electron chi connectivity index (χ2n) is 8.18. The maximum atomic E-state index is 3.95. The molecule has 1 aromatic carbocycles. The van der Waals surface area contributed by atoms with Gasteiger partial charge in [0, 0.05) is 0 Å². The van der Waals surface area contributed by atoms with Gasteiger partial charge in [-0.1, -0.05) is 0 Å². The Balaban J connectivity index is 3.32. The van der Waals surface area contributed by atoms with Crippen molar-refractivity contribution in [2.45, 2.75) is 52.6 Å². The van der Waals surface area contributed by atoms with E-state index in [9.17, 15) is 0 Å².